The highest BCUT2D eigenvalue weighted by Gasteiger charge is 2.04. The average Bonchev–Trinajstić information content (AvgIpc) is 3.14. The summed E-state index contributed by atoms with van der Waals surface area (Å²) in [6, 6.07) is 16.9. The third kappa shape index (κ3) is 7.04. The Bertz CT molecular complexity index is 889. The first-order valence-electron chi connectivity index (χ1n) is 10.0. The summed E-state index contributed by atoms with van der Waals surface area (Å²) in [5.41, 5.74) is 4.89. The van der Waals surface area contributed by atoms with Crippen molar-refractivity contribution in [2.24, 2.45) is 4.99 Å². The summed E-state index contributed by atoms with van der Waals surface area (Å²) in [5, 5.41) is 8.05. The molecule has 0 amide bonds. The lowest BCUT2D eigenvalue weighted by atomic mass is 10.1. The van der Waals surface area contributed by atoms with Gasteiger partial charge in [-0.25, -0.2) is 4.99 Å². The van der Waals surface area contributed by atoms with Crippen LogP contribution in [0.1, 0.15) is 30.5 Å². The zero-order valence-corrected chi connectivity index (χ0v) is 19.5. The molecule has 0 radical (unpaired) electrons. The van der Waals surface area contributed by atoms with Crippen molar-refractivity contribution in [1.82, 2.24) is 15.6 Å². The SMILES string of the molecule is CCNC(=NCc1ccc(COCC)cc1)NCCc1c[nH]c2ccccc12.I. The van der Waals surface area contributed by atoms with Crippen LogP contribution in [0.4, 0.5) is 0 Å². The van der Waals surface area contributed by atoms with Crippen LogP contribution in [0.2, 0.25) is 0 Å². The van der Waals surface area contributed by atoms with Gasteiger partial charge >= 0.3 is 0 Å². The Morgan fingerprint density at radius 2 is 1.76 bits per heavy atom. The maximum absolute atomic E-state index is 5.44. The number of nitrogens with one attached hydrogen (secondary N) is 3. The van der Waals surface area contributed by atoms with Crippen LogP contribution in [-0.4, -0.2) is 30.6 Å². The first-order valence-corrected chi connectivity index (χ1v) is 10.0. The maximum atomic E-state index is 5.44. The predicted octanol–water partition coefficient (Wildman–Crippen LogP) is 4.62. The number of hydrogen-bond acceptors (Lipinski definition) is 2. The molecule has 3 aromatic rings. The number of aromatic amines is 1. The zero-order valence-electron chi connectivity index (χ0n) is 17.2. The van der Waals surface area contributed by atoms with E-state index in [1.54, 1.807) is 0 Å². The fourth-order valence-corrected chi connectivity index (χ4v) is 3.13. The van der Waals surface area contributed by atoms with Crippen LogP contribution in [0.3, 0.4) is 0 Å². The van der Waals surface area contributed by atoms with Crippen LogP contribution in [-0.2, 0) is 24.3 Å². The second kappa shape index (κ2) is 12.5. The van der Waals surface area contributed by atoms with Crippen LogP contribution >= 0.6 is 24.0 Å². The molecule has 0 atom stereocenters. The molecule has 1 aromatic heterocycles. The third-order valence-electron chi connectivity index (χ3n) is 4.62. The zero-order chi connectivity index (χ0) is 19.6. The summed E-state index contributed by atoms with van der Waals surface area (Å²) in [6.07, 6.45) is 3.04. The van der Waals surface area contributed by atoms with E-state index in [4.69, 9.17) is 9.73 Å². The Labute approximate surface area is 190 Å². The van der Waals surface area contributed by atoms with Crippen molar-refractivity contribution in [3.63, 3.8) is 0 Å². The summed E-state index contributed by atoms with van der Waals surface area (Å²) < 4.78 is 5.44. The van der Waals surface area contributed by atoms with Crippen LogP contribution < -0.4 is 10.6 Å². The molecule has 0 aliphatic rings. The molecule has 0 spiro atoms. The van der Waals surface area contributed by atoms with Gasteiger partial charge in [0.25, 0.3) is 0 Å². The lowest BCUT2D eigenvalue weighted by molar-refractivity contribution is 0.134. The number of hydrogen-bond donors (Lipinski definition) is 3. The monoisotopic (exact) mass is 506 g/mol. The van der Waals surface area contributed by atoms with Crippen molar-refractivity contribution in [3.8, 4) is 0 Å². The summed E-state index contributed by atoms with van der Waals surface area (Å²) >= 11 is 0. The molecule has 0 saturated heterocycles. The Morgan fingerprint density at radius 3 is 2.52 bits per heavy atom. The second-order valence-corrected chi connectivity index (χ2v) is 6.69. The number of rotatable bonds is 9. The average molecular weight is 506 g/mol. The van der Waals surface area contributed by atoms with Gasteiger partial charge in [-0.05, 0) is 43.0 Å². The van der Waals surface area contributed by atoms with E-state index in [1.165, 1.54) is 27.6 Å². The van der Waals surface area contributed by atoms with Gasteiger partial charge in [0.15, 0.2) is 5.96 Å². The van der Waals surface area contributed by atoms with Gasteiger partial charge in [-0.2, -0.15) is 0 Å². The van der Waals surface area contributed by atoms with E-state index in [0.717, 1.165) is 32.1 Å². The molecule has 0 fully saturated rings. The molecule has 0 unspecified atom stereocenters. The van der Waals surface area contributed by atoms with Crippen molar-refractivity contribution in [2.45, 2.75) is 33.4 Å². The number of nitrogens with zero attached hydrogens (tertiary/aromatic N) is 1. The molecule has 5 nitrogen and oxygen atoms in total. The van der Waals surface area contributed by atoms with Crippen LogP contribution in [0.5, 0.6) is 0 Å². The molecule has 0 saturated carbocycles. The smallest absolute Gasteiger partial charge is 0.191 e. The van der Waals surface area contributed by atoms with Gasteiger partial charge in [0.1, 0.15) is 0 Å². The molecule has 0 bridgehead atoms. The first-order chi connectivity index (χ1) is 13.8. The number of para-hydroxylation sites is 1. The molecule has 0 aliphatic carbocycles. The van der Waals surface area contributed by atoms with Gasteiger partial charge in [-0.1, -0.05) is 42.5 Å². The quantitative estimate of drug-likeness (QED) is 0.226. The van der Waals surface area contributed by atoms with E-state index >= 15 is 0 Å². The van der Waals surface area contributed by atoms with Gasteiger partial charge in [0, 0.05) is 36.8 Å². The Balaban J connectivity index is 0.00000300. The van der Waals surface area contributed by atoms with Crippen molar-refractivity contribution in [3.05, 3.63) is 71.4 Å². The highest BCUT2D eigenvalue weighted by molar-refractivity contribution is 14.0. The third-order valence-corrected chi connectivity index (χ3v) is 4.62. The Kier molecular flexibility index (Phi) is 10.0. The molecule has 1 heterocycles. The number of benzene rings is 2. The second-order valence-electron chi connectivity index (χ2n) is 6.69. The van der Waals surface area contributed by atoms with Crippen molar-refractivity contribution in [1.29, 1.82) is 0 Å². The Hall–Kier alpha value is -2.06. The van der Waals surface area contributed by atoms with Gasteiger partial charge in [-0.3, -0.25) is 0 Å². The van der Waals surface area contributed by atoms with Gasteiger partial charge in [0.05, 0.1) is 13.2 Å². The summed E-state index contributed by atoms with van der Waals surface area (Å²) in [7, 11) is 0. The largest absolute Gasteiger partial charge is 0.377 e. The topological polar surface area (TPSA) is 61.4 Å². The van der Waals surface area contributed by atoms with E-state index < -0.39 is 0 Å². The predicted molar refractivity (Wildman–Crippen MR) is 132 cm³/mol. The summed E-state index contributed by atoms with van der Waals surface area (Å²) in [5.74, 6) is 0.848. The number of H-pyrrole nitrogens is 1. The lowest BCUT2D eigenvalue weighted by Gasteiger charge is -2.11. The minimum absolute atomic E-state index is 0. The van der Waals surface area contributed by atoms with Crippen LogP contribution in [0.25, 0.3) is 10.9 Å². The first kappa shape index (κ1) is 23.2. The van der Waals surface area contributed by atoms with E-state index in [1.807, 2.05) is 6.92 Å². The number of aliphatic imine (C=N–C) groups is 1. The van der Waals surface area contributed by atoms with Crippen LogP contribution in [0.15, 0.2) is 59.7 Å². The van der Waals surface area contributed by atoms with Gasteiger partial charge in [-0.15, -0.1) is 24.0 Å². The molecule has 3 N–H and O–H groups in total. The van der Waals surface area contributed by atoms with Gasteiger partial charge in [0.2, 0.25) is 0 Å². The molecule has 156 valence electrons. The fourth-order valence-electron chi connectivity index (χ4n) is 3.13. The van der Waals surface area contributed by atoms with E-state index in [2.05, 4.69) is 77.3 Å². The Morgan fingerprint density at radius 1 is 1.00 bits per heavy atom. The van der Waals surface area contributed by atoms with Gasteiger partial charge < -0.3 is 20.4 Å². The molecule has 29 heavy (non-hydrogen) atoms. The highest BCUT2D eigenvalue weighted by atomic mass is 127. The van der Waals surface area contributed by atoms with E-state index in [0.29, 0.717) is 13.2 Å². The summed E-state index contributed by atoms with van der Waals surface area (Å²) in [6.45, 7) is 7.82. The highest BCUT2D eigenvalue weighted by Crippen LogP contribution is 2.17. The molecule has 0 aliphatic heterocycles. The van der Waals surface area contributed by atoms with Crippen molar-refractivity contribution < 1.29 is 4.74 Å². The lowest BCUT2D eigenvalue weighted by Crippen LogP contribution is -2.38. The van der Waals surface area contributed by atoms with Crippen molar-refractivity contribution >= 4 is 40.8 Å². The summed E-state index contributed by atoms with van der Waals surface area (Å²) in [4.78, 5) is 8.04. The minimum atomic E-state index is 0. The number of fused-ring (bicyclic) bond motifs is 1. The van der Waals surface area contributed by atoms with E-state index in [-0.39, 0.29) is 24.0 Å². The molecular formula is C23H31IN4O. The molecule has 3 rings (SSSR count). The minimum Gasteiger partial charge on any atom is -0.377 e. The molecular weight excluding hydrogens is 475 g/mol. The fraction of sp³-hybridized carbons (Fsp3) is 0.348. The van der Waals surface area contributed by atoms with Crippen LogP contribution in [0, 0.1) is 0 Å². The number of halogens is 1. The number of ether oxygens (including phenoxy) is 1. The number of guanidine groups is 1. The normalized spacial score (nSPS) is 11.3. The van der Waals surface area contributed by atoms with E-state index in [9.17, 15) is 0 Å². The molecule has 6 heteroatoms. The standard InChI is InChI=1S/C23H30N4O.HI/c1-3-24-23(27-15-18-9-11-19(12-10-18)17-28-4-2)25-14-13-20-16-26-22-8-6-5-7-21(20)22;/h5-12,16,26H,3-4,13-15,17H2,1-2H3,(H2,24,25,27);1H. The molecule has 2 aromatic carbocycles. The van der Waals surface area contributed by atoms with Crippen molar-refractivity contribution in [2.75, 3.05) is 19.7 Å². The number of aromatic nitrogens is 1. The maximum Gasteiger partial charge on any atom is 0.191 e.